The summed E-state index contributed by atoms with van der Waals surface area (Å²) in [5, 5.41) is 6.31. The van der Waals surface area contributed by atoms with Gasteiger partial charge in [-0.2, -0.15) is 0 Å². The van der Waals surface area contributed by atoms with E-state index in [1.165, 1.54) is 6.20 Å². The standard InChI is InChI=1S/C12H17ClN4O.ClH/c1-7(2)11-15-6-9(13)10(17-11)12(18)16-5-8-3-14-4-8;/h6-8,14H,3-5H2,1-2H3,(H,16,18);1H. The van der Waals surface area contributed by atoms with E-state index >= 15 is 0 Å². The summed E-state index contributed by atoms with van der Waals surface area (Å²) in [5.74, 6) is 1.09. The number of hydrogen-bond donors (Lipinski definition) is 2. The van der Waals surface area contributed by atoms with Crippen molar-refractivity contribution >= 4 is 29.9 Å². The van der Waals surface area contributed by atoms with Crippen LogP contribution >= 0.6 is 24.0 Å². The summed E-state index contributed by atoms with van der Waals surface area (Å²) in [5.41, 5.74) is 0.266. The van der Waals surface area contributed by atoms with E-state index in [1.54, 1.807) is 0 Å². The van der Waals surface area contributed by atoms with Gasteiger partial charge in [-0.05, 0) is 0 Å². The molecular weight excluding hydrogens is 287 g/mol. The first kappa shape index (κ1) is 16.1. The zero-order valence-corrected chi connectivity index (χ0v) is 12.5. The highest BCUT2D eigenvalue weighted by atomic mass is 35.5. The molecule has 1 fully saturated rings. The van der Waals surface area contributed by atoms with Crippen LogP contribution in [0.2, 0.25) is 5.02 Å². The van der Waals surface area contributed by atoms with Crippen molar-refractivity contribution in [1.29, 1.82) is 0 Å². The van der Waals surface area contributed by atoms with Crippen molar-refractivity contribution in [2.75, 3.05) is 19.6 Å². The molecule has 1 amide bonds. The van der Waals surface area contributed by atoms with Gasteiger partial charge in [-0.3, -0.25) is 4.79 Å². The molecule has 0 unspecified atom stereocenters. The molecule has 1 aromatic heterocycles. The van der Waals surface area contributed by atoms with E-state index in [2.05, 4.69) is 20.6 Å². The number of aromatic nitrogens is 2. The fourth-order valence-corrected chi connectivity index (χ4v) is 1.81. The Balaban J connectivity index is 0.00000180. The van der Waals surface area contributed by atoms with E-state index in [0.29, 0.717) is 23.3 Å². The quantitative estimate of drug-likeness (QED) is 0.887. The monoisotopic (exact) mass is 304 g/mol. The maximum atomic E-state index is 12.0. The summed E-state index contributed by atoms with van der Waals surface area (Å²) >= 11 is 5.96. The van der Waals surface area contributed by atoms with Gasteiger partial charge in [0.15, 0.2) is 0 Å². The van der Waals surface area contributed by atoms with Crippen LogP contribution in [0.5, 0.6) is 0 Å². The zero-order chi connectivity index (χ0) is 13.1. The lowest BCUT2D eigenvalue weighted by Crippen LogP contribution is -2.48. The van der Waals surface area contributed by atoms with Crippen LogP contribution in [-0.2, 0) is 0 Å². The van der Waals surface area contributed by atoms with Crippen molar-refractivity contribution in [2.24, 2.45) is 5.92 Å². The summed E-state index contributed by atoms with van der Waals surface area (Å²) in [6.45, 7) is 6.52. The van der Waals surface area contributed by atoms with E-state index in [9.17, 15) is 4.79 Å². The van der Waals surface area contributed by atoms with Crippen molar-refractivity contribution in [2.45, 2.75) is 19.8 Å². The number of nitrogens with one attached hydrogen (secondary N) is 2. The summed E-state index contributed by atoms with van der Waals surface area (Å²) < 4.78 is 0. The first-order chi connectivity index (χ1) is 8.58. The average Bonchev–Trinajstić information content (AvgIpc) is 2.26. The molecule has 0 aromatic carbocycles. The van der Waals surface area contributed by atoms with Crippen LogP contribution in [0.1, 0.15) is 36.1 Å². The van der Waals surface area contributed by atoms with Crippen molar-refractivity contribution in [3.05, 3.63) is 22.7 Å². The lowest BCUT2D eigenvalue weighted by atomic mass is 10.0. The van der Waals surface area contributed by atoms with Crippen molar-refractivity contribution in [3.63, 3.8) is 0 Å². The van der Waals surface area contributed by atoms with Crippen LogP contribution < -0.4 is 10.6 Å². The van der Waals surface area contributed by atoms with Gasteiger partial charge in [-0.1, -0.05) is 25.4 Å². The molecule has 106 valence electrons. The van der Waals surface area contributed by atoms with E-state index in [-0.39, 0.29) is 29.9 Å². The molecular formula is C12H18Cl2N4O. The smallest absolute Gasteiger partial charge is 0.271 e. The third kappa shape index (κ3) is 4.03. The Kier molecular flexibility index (Phi) is 5.97. The number of halogens is 2. The van der Waals surface area contributed by atoms with Crippen LogP contribution in [0.4, 0.5) is 0 Å². The zero-order valence-electron chi connectivity index (χ0n) is 10.9. The summed E-state index contributed by atoms with van der Waals surface area (Å²) in [6.07, 6.45) is 1.49. The maximum Gasteiger partial charge on any atom is 0.271 e. The van der Waals surface area contributed by atoms with Crippen LogP contribution in [0.3, 0.4) is 0 Å². The third-order valence-electron chi connectivity index (χ3n) is 2.91. The Labute approximate surface area is 124 Å². The fourth-order valence-electron chi connectivity index (χ4n) is 1.63. The minimum atomic E-state index is -0.226. The molecule has 2 heterocycles. The molecule has 5 nitrogen and oxygen atoms in total. The highest BCUT2D eigenvalue weighted by molar-refractivity contribution is 6.33. The number of rotatable bonds is 4. The van der Waals surface area contributed by atoms with Gasteiger partial charge < -0.3 is 10.6 Å². The Morgan fingerprint density at radius 1 is 1.58 bits per heavy atom. The number of carbonyl (C=O) groups is 1. The fraction of sp³-hybridized carbons (Fsp3) is 0.583. The summed E-state index contributed by atoms with van der Waals surface area (Å²) in [4.78, 5) is 20.3. The third-order valence-corrected chi connectivity index (χ3v) is 3.19. The van der Waals surface area contributed by atoms with Crippen molar-refractivity contribution < 1.29 is 4.79 Å². The molecule has 1 saturated heterocycles. The van der Waals surface area contributed by atoms with Gasteiger partial charge in [-0.25, -0.2) is 9.97 Å². The maximum absolute atomic E-state index is 12.0. The highest BCUT2D eigenvalue weighted by Gasteiger charge is 2.20. The van der Waals surface area contributed by atoms with Gasteiger partial charge in [0.05, 0.1) is 11.2 Å². The molecule has 0 spiro atoms. The molecule has 7 heteroatoms. The van der Waals surface area contributed by atoms with Gasteiger partial charge in [0, 0.05) is 31.5 Å². The lowest BCUT2D eigenvalue weighted by Gasteiger charge is -2.27. The second-order valence-electron chi connectivity index (χ2n) is 4.81. The van der Waals surface area contributed by atoms with Gasteiger partial charge in [0.2, 0.25) is 0 Å². The molecule has 2 N–H and O–H groups in total. The molecule has 0 atom stereocenters. The van der Waals surface area contributed by atoms with Gasteiger partial charge >= 0.3 is 0 Å². The average molecular weight is 305 g/mol. The van der Waals surface area contributed by atoms with Crippen LogP contribution in [0.25, 0.3) is 0 Å². The van der Waals surface area contributed by atoms with Crippen molar-refractivity contribution in [3.8, 4) is 0 Å². The van der Waals surface area contributed by atoms with Crippen molar-refractivity contribution in [1.82, 2.24) is 20.6 Å². The molecule has 0 bridgehead atoms. The minimum Gasteiger partial charge on any atom is -0.350 e. The Morgan fingerprint density at radius 3 is 2.79 bits per heavy atom. The van der Waals surface area contributed by atoms with Gasteiger partial charge in [-0.15, -0.1) is 12.4 Å². The number of hydrogen-bond acceptors (Lipinski definition) is 4. The second kappa shape index (κ2) is 7.03. The first-order valence-electron chi connectivity index (χ1n) is 6.09. The Hall–Kier alpha value is -0.910. The van der Waals surface area contributed by atoms with Crippen LogP contribution in [-0.4, -0.2) is 35.5 Å². The minimum absolute atomic E-state index is 0. The molecule has 0 saturated carbocycles. The molecule has 1 aromatic rings. The first-order valence-corrected chi connectivity index (χ1v) is 6.47. The number of amides is 1. The SMILES string of the molecule is CC(C)c1ncc(Cl)c(C(=O)NCC2CNC2)n1.Cl. The molecule has 0 aliphatic carbocycles. The lowest BCUT2D eigenvalue weighted by molar-refractivity contribution is 0.0937. The topological polar surface area (TPSA) is 66.9 Å². The van der Waals surface area contributed by atoms with E-state index in [4.69, 9.17) is 11.6 Å². The second-order valence-corrected chi connectivity index (χ2v) is 5.22. The number of carbonyl (C=O) groups excluding carboxylic acids is 1. The largest absolute Gasteiger partial charge is 0.350 e. The van der Waals surface area contributed by atoms with E-state index < -0.39 is 0 Å². The molecule has 0 radical (unpaired) electrons. The summed E-state index contributed by atoms with van der Waals surface area (Å²) in [7, 11) is 0. The predicted molar refractivity (Wildman–Crippen MR) is 77.1 cm³/mol. The Morgan fingerprint density at radius 2 is 2.26 bits per heavy atom. The molecule has 2 rings (SSSR count). The highest BCUT2D eigenvalue weighted by Crippen LogP contribution is 2.16. The molecule has 19 heavy (non-hydrogen) atoms. The predicted octanol–water partition coefficient (Wildman–Crippen LogP) is 1.62. The van der Waals surface area contributed by atoms with Crippen LogP contribution in [0, 0.1) is 5.92 Å². The van der Waals surface area contributed by atoms with Crippen LogP contribution in [0.15, 0.2) is 6.20 Å². The van der Waals surface area contributed by atoms with Gasteiger partial charge in [0.1, 0.15) is 11.5 Å². The normalized spacial score (nSPS) is 14.7. The number of nitrogens with zero attached hydrogens (tertiary/aromatic N) is 2. The summed E-state index contributed by atoms with van der Waals surface area (Å²) in [6, 6.07) is 0. The van der Waals surface area contributed by atoms with E-state index in [0.717, 1.165) is 13.1 Å². The Bertz CT molecular complexity index is 449. The van der Waals surface area contributed by atoms with E-state index in [1.807, 2.05) is 13.8 Å². The van der Waals surface area contributed by atoms with Gasteiger partial charge in [0.25, 0.3) is 5.91 Å². The molecule has 1 aliphatic heterocycles. The molecule has 1 aliphatic rings.